The first kappa shape index (κ1) is 14.2. The third-order valence-corrected chi connectivity index (χ3v) is 3.72. The van der Waals surface area contributed by atoms with Crippen LogP contribution in [0.1, 0.15) is 12.0 Å². The highest BCUT2D eigenvalue weighted by Crippen LogP contribution is 2.25. The van der Waals surface area contributed by atoms with E-state index < -0.39 is 0 Å². The molecule has 0 aromatic heterocycles. The molecular weight excluding hydrogens is 238 g/mol. The molecule has 1 aromatic rings. The Kier molecular flexibility index (Phi) is 5.05. The van der Waals surface area contributed by atoms with Crippen molar-refractivity contribution in [1.82, 2.24) is 4.90 Å². The number of hydrogen-bond acceptors (Lipinski definition) is 4. The van der Waals surface area contributed by atoms with Gasteiger partial charge in [-0.2, -0.15) is 0 Å². The molecule has 0 amide bonds. The summed E-state index contributed by atoms with van der Waals surface area (Å²) in [5.41, 5.74) is 9.43. The maximum Gasteiger partial charge on any atom is 0.0603 e. The summed E-state index contributed by atoms with van der Waals surface area (Å²) in [4.78, 5) is 4.90. The van der Waals surface area contributed by atoms with Gasteiger partial charge in [0.05, 0.1) is 11.4 Å². The van der Waals surface area contributed by atoms with Gasteiger partial charge in [0.15, 0.2) is 0 Å². The van der Waals surface area contributed by atoms with E-state index in [4.69, 9.17) is 10.5 Å². The van der Waals surface area contributed by atoms with Crippen molar-refractivity contribution >= 4 is 11.4 Å². The van der Waals surface area contributed by atoms with Gasteiger partial charge in [0.25, 0.3) is 0 Å². The average molecular weight is 263 g/mol. The number of benzene rings is 1. The number of rotatable bonds is 5. The van der Waals surface area contributed by atoms with Gasteiger partial charge in [-0.3, -0.25) is 4.90 Å². The zero-order valence-corrected chi connectivity index (χ0v) is 12.1. The van der Waals surface area contributed by atoms with E-state index >= 15 is 0 Å². The topological polar surface area (TPSA) is 41.7 Å². The second kappa shape index (κ2) is 6.78. The molecule has 0 aliphatic carbocycles. The van der Waals surface area contributed by atoms with Crippen LogP contribution in [0.3, 0.4) is 0 Å². The summed E-state index contributed by atoms with van der Waals surface area (Å²) >= 11 is 0. The molecule has 106 valence electrons. The Morgan fingerprint density at radius 2 is 1.95 bits per heavy atom. The first-order valence-corrected chi connectivity index (χ1v) is 7.03. The highest BCUT2D eigenvalue weighted by molar-refractivity contribution is 5.68. The average Bonchev–Trinajstić information content (AvgIpc) is 2.43. The van der Waals surface area contributed by atoms with E-state index in [2.05, 4.69) is 28.9 Å². The van der Waals surface area contributed by atoms with Crippen LogP contribution in [-0.2, 0) is 4.74 Å². The van der Waals surface area contributed by atoms with Crippen LogP contribution in [0.2, 0.25) is 0 Å². The zero-order valence-electron chi connectivity index (χ0n) is 12.1. The van der Waals surface area contributed by atoms with Gasteiger partial charge >= 0.3 is 0 Å². The summed E-state index contributed by atoms with van der Waals surface area (Å²) in [6.07, 6.45) is 1.11. The standard InChI is InChI=1S/C15H25N3O/c1-13-4-5-14(16)15(12-13)18-9-7-17(8-10-18)6-3-11-19-2/h4-5,12H,3,6-11,16H2,1-2H3. The number of nitrogens with two attached hydrogens (primary N) is 1. The van der Waals surface area contributed by atoms with E-state index in [9.17, 15) is 0 Å². The van der Waals surface area contributed by atoms with E-state index in [0.29, 0.717) is 0 Å². The fourth-order valence-electron chi connectivity index (χ4n) is 2.57. The highest BCUT2D eigenvalue weighted by Gasteiger charge is 2.18. The van der Waals surface area contributed by atoms with Crippen molar-refractivity contribution in [2.24, 2.45) is 0 Å². The van der Waals surface area contributed by atoms with E-state index in [0.717, 1.165) is 51.4 Å². The molecule has 0 unspecified atom stereocenters. The normalized spacial score (nSPS) is 16.8. The molecule has 0 saturated carbocycles. The first-order valence-electron chi connectivity index (χ1n) is 7.03. The van der Waals surface area contributed by atoms with Crippen LogP contribution in [0.25, 0.3) is 0 Å². The molecule has 1 aromatic carbocycles. The third kappa shape index (κ3) is 3.85. The van der Waals surface area contributed by atoms with Crippen molar-refractivity contribution in [1.29, 1.82) is 0 Å². The fraction of sp³-hybridized carbons (Fsp3) is 0.600. The second-order valence-corrected chi connectivity index (χ2v) is 5.24. The van der Waals surface area contributed by atoms with Gasteiger partial charge < -0.3 is 15.4 Å². The molecule has 1 saturated heterocycles. The summed E-state index contributed by atoms with van der Waals surface area (Å²) in [5.74, 6) is 0. The van der Waals surface area contributed by atoms with Crippen LogP contribution in [0, 0.1) is 6.92 Å². The van der Waals surface area contributed by atoms with Gasteiger partial charge in [-0.25, -0.2) is 0 Å². The Bertz CT molecular complexity index is 400. The maximum atomic E-state index is 6.08. The van der Waals surface area contributed by atoms with Gasteiger partial charge in [-0.1, -0.05) is 6.07 Å². The Balaban J connectivity index is 1.87. The van der Waals surface area contributed by atoms with E-state index in [1.807, 2.05) is 6.07 Å². The van der Waals surface area contributed by atoms with E-state index in [-0.39, 0.29) is 0 Å². The first-order chi connectivity index (χ1) is 9.20. The third-order valence-electron chi connectivity index (χ3n) is 3.72. The van der Waals surface area contributed by atoms with Crippen LogP contribution < -0.4 is 10.6 Å². The Labute approximate surface area is 116 Å². The number of piperazine rings is 1. The molecule has 1 aliphatic heterocycles. The van der Waals surface area contributed by atoms with Crippen LogP contribution in [0.4, 0.5) is 11.4 Å². The minimum Gasteiger partial charge on any atom is -0.397 e. The minimum atomic E-state index is 0.852. The second-order valence-electron chi connectivity index (χ2n) is 5.24. The lowest BCUT2D eigenvalue weighted by Gasteiger charge is -2.36. The molecule has 4 heteroatoms. The molecule has 1 heterocycles. The van der Waals surface area contributed by atoms with Crippen molar-refractivity contribution in [3.63, 3.8) is 0 Å². The van der Waals surface area contributed by atoms with E-state index in [1.54, 1.807) is 7.11 Å². The van der Waals surface area contributed by atoms with E-state index in [1.165, 1.54) is 11.3 Å². The fourth-order valence-corrected chi connectivity index (χ4v) is 2.57. The number of aryl methyl sites for hydroxylation is 1. The maximum absolute atomic E-state index is 6.08. The SMILES string of the molecule is COCCCN1CCN(c2cc(C)ccc2N)CC1. The highest BCUT2D eigenvalue weighted by atomic mass is 16.5. The van der Waals surface area contributed by atoms with Crippen molar-refractivity contribution < 1.29 is 4.74 Å². The minimum absolute atomic E-state index is 0.852. The molecular formula is C15H25N3O. The smallest absolute Gasteiger partial charge is 0.0603 e. The zero-order chi connectivity index (χ0) is 13.7. The van der Waals surface area contributed by atoms with Gasteiger partial charge in [0, 0.05) is 46.4 Å². The lowest BCUT2D eigenvalue weighted by Crippen LogP contribution is -2.47. The van der Waals surface area contributed by atoms with Gasteiger partial charge in [-0.15, -0.1) is 0 Å². The predicted molar refractivity (Wildman–Crippen MR) is 80.7 cm³/mol. The number of ether oxygens (including phenoxy) is 1. The molecule has 0 spiro atoms. The van der Waals surface area contributed by atoms with Crippen molar-refractivity contribution in [3.05, 3.63) is 23.8 Å². The van der Waals surface area contributed by atoms with Crippen LogP contribution in [0.5, 0.6) is 0 Å². The Morgan fingerprint density at radius 3 is 2.63 bits per heavy atom. The van der Waals surface area contributed by atoms with Gasteiger partial charge in [0.1, 0.15) is 0 Å². The van der Waals surface area contributed by atoms with Crippen molar-refractivity contribution in [3.8, 4) is 0 Å². The van der Waals surface area contributed by atoms with Crippen LogP contribution in [-0.4, -0.2) is 51.3 Å². The Morgan fingerprint density at radius 1 is 1.21 bits per heavy atom. The van der Waals surface area contributed by atoms with Crippen LogP contribution >= 0.6 is 0 Å². The van der Waals surface area contributed by atoms with Crippen molar-refractivity contribution in [2.45, 2.75) is 13.3 Å². The monoisotopic (exact) mass is 263 g/mol. The van der Waals surface area contributed by atoms with Crippen molar-refractivity contribution in [2.75, 3.05) is 57.1 Å². The van der Waals surface area contributed by atoms with Gasteiger partial charge in [-0.05, 0) is 31.0 Å². The molecule has 2 N–H and O–H groups in total. The lowest BCUT2D eigenvalue weighted by molar-refractivity contribution is 0.169. The lowest BCUT2D eigenvalue weighted by atomic mass is 10.1. The molecule has 1 fully saturated rings. The summed E-state index contributed by atoms with van der Waals surface area (Å²) in [6.45, 7) is 8.43. The summed E-state index contributed by atoms with van der Waals surface area (Å²) in [5, 5.41) is 0. The molecule has 4 nitrogen and oxygen atoms in total. The largest absolute Gasteiger partial charge is 0.397 e. The molecule has 1 aliphatic rings. The number of methoxy groups -OCH3 is 1. The number of hydrogen-bond donors (Lipinski definition) is 1. The summed E-state index contributed by atoms with van der Waals surface area (Å²) in [6, 6.07) is 6.27. The number of nitrogen functional groups attached to an aromatic ring is 1. The molecule has 2 rings (SSSR count). The quantitative estimate of drug-likeness (QED) is 0.649. The van der Waals surface area contributed by atoms with Crippen LogP contribution in [0.15, 0.2) is 18.2 Å². The molecule has 0 radical (unpaired) electrons. The summed E-state index contributed by atoms with van der Waals surface area (Å²) < 4.78 is 5.10. The Hall–Kier alpha value is -1.26. The number of anilines is 2. The number of nitrogens with zero attached hydrogens (tertiary/aromatic N) is 2. The summed E-state index contributed by atoms with van der Waals surface area (Å²) in [7, 11) is 1.76. The molecule has 0 atom stereocenters. The van der Waals surface area contributed by atoms with Gasteiger partial charge in [0.2, 0.25) is 0 Å². The molecule has 0 bridgehead atoms. The molecule has 19 heavy (non-hydrogen) atoms. The predicted octanol–water partition coefficient (Wildman–Crippen LogP) is 1.74.